The summed E-state index contributed by atoms with van der Waals surface area (Å²) in [5.74, 6) is 2.27. The van der Waals surface area contributed by atoms with Crippen molar-refractivity contribution in [2.75, 3.05) is 26.2 Å². The summed E-state index contributed by atoms with van der Waals surface area (Å²) in [6.07, 6.45) is 6.77. The Labute approximate surface area is 122 Å². The molecule has 3 rings (SSSR count). The normalized spacial score (nSPS) is 39.3. The van der Waals surface area contributed by atoms with Crippen LogP contribution in [0.2, 0.25) is 0 Å². The predicted octanol–water partition coefficient (Wildman–Crippen LogP) is 2.24. The molecule has 0 spiro atoms. The third-order valence-corrected chi connectivity index (χ3v) is 5.29. The molecule has 2 N–H and O–H groups in total. The van der Waals surface area contributed by atoms with Crippen LogP contribution in [-0.2, 0) is 4.74 Å². The molecule has 2 aliphatic heterocycles. The fourth-order valence-electron chi connectivity index (χ4n) is 3.79. The van der Waals surface area contributed by atoms with Crippen molar-refractivity contribution in [3.05, 3.63) is 0 Å². The number of rotatable bonds is 3. The lowest BCUT2D eigenvalue weighted by molar-refractivity contribution is 0.0423. The second-order valence-corrected chi connectivity index (χ2v) is 7.40. The summed E-state index contributed by atoms with van der Waals surface area (Å²) in [7, 11) is 0. The van der Waals surface area contributed by atoms with Gasteiger partial charge in [-0.05, 0) is 43.9 Å². The number of guanidine groups is 1. The highest BCUT2D eigenvalue weighted by Gasteiger charge is 2.48. The summed E-state index contributed by atoms with van der Waals surface area (Å²) < 4.78 is 5.96. The Bertz CT molecular complexity index is 380. The van der Waals surface area contributed by atoms with Gasteiger partial charge in [-0.25, -0.2) is 0 Å². The first-order chi connectivity index (χ1) is 9.58. The van der Waals surface area contributed by atoms with E-state index in [4.69, 9.17) is 15.5 Å². The van der Waals surface area contributed by atoms with Crippen molar-refractivity contribution < 1.29 is 4.74 Å². The van der Waals surface area contributed by atoms with Gasteiger partial charge >= 0.3 is 0 Å². The summed E-state index contributed by atoms with van der Waals surface area (Å²) in [6, 6.07) is 0. The molecule has 4 nitrogen and oxygen atoms in total. The molecule has 1 aliphatic carbocycles. The maximum atomic E-state index is 6.22. The Kier molecular flexibility index (Phi) is 3.93. The van der Waals surface area contributed by atoms with Crippen molar-refractivity contribution in [3.8, 4) is 0 Å². The third kappa shape index (κ3) is 2.95. The van der Waals surface area contributed by atoms with E-state index in [1.54, 1.807) is 0 Å². The smallest absolute Gasteiger partial charge is 0.191 e. The number of nitrogens with zero attached hydrogens (tertiary/aromatic N) is 2. The average molecular weight is 279 g/mol. The van der Waals surface area contributed by atoms with Gasteiger partial charge in [-0.2, -0.15) is 0 Å². The fraction of sp³-hybridized carbons (Fsp3) is 0.938. The Hall–Kier alpha value is -0.770. The molecular weight excluding hydrogens is 250 g/mol. The zero-order valence-electron chi connectivity index (χ0n) is 13.0. The molecule has 0 radical (unpaired) electrons. The molecule has 4 heteroatoms. The van der Waals surface area contributed by atoms with Gasteiger partial charge in [-0.15, -0.1) is 0 Å². The van der Waals surface area contributed by atoms with Gasteiger partial charge in [0.05, 0.1) is 12.6 Å². The van der Waals surface area contributed by atoms with Crippen LogP contribution in [0.1, 0.15) is 46.0 Å². The Morgan fingerprint density at radius 2 is 2.20 bits per heavy atom. The minimum atomic E-state index is 0.202. The van der Waals surface area contributed by atoms with Crippen LogP contribution in [0.4, 0.5) is 0 Å². The van der Waals surface area contributed by atoms with Crippen LogP contribution in [-0.4, -0.2) is 43.2 Å². The van der Waals surface area contributed by atoms with Crippen LogP contribution in [0, 0.1) is 17.3 Å². The van der Waals surface area contributed by atoms with Crippen LogP contribution < -0.4 is 5.73 Å². The predicted molar refractivity (Wildman–Crippen MR) is 81.6 cm³/mol. The van der Waals surface area contributed by atoms with E-state index in [-0.39, 0.29) is 5.41 Å². The van der Waals surface area contributed by atoms with Crippen molar-refractivity contribution in [1.82, 2.24) is 4.90 Å². The van der Waals surface area contributed by atoms with Crippen LogP contribution in [0.15, 0.2) is 4.99 Å². The Balaban J connectivity index is 1.60. The molecule has 2 saturated heterocycles. The standard InChI is InChI=1S/C16H29N3O/c1-12-4-3-8-19(10-12)15(17)18-11-16(2)7-9-20-14(16)13-5-6-13/h12-14H,3-11H2,1-2H3,(H2,17,18). The second kappa shape index (κ2) is 5.55. The molecule has 0 aromatic rings. The van der Waals surface area contributed by atoms with E-state index >= 15 is 0 Å². The van der Waals surface area contributed by atoms with Gasteiger partial charge < -0.3 is 15.4 Å². The molecule has 3 unspecified atom stereocenters. The molecule has 0 bridgehead atoms. The van der Waals surface area contributed by atoms with Crippen molar-refractivity contribution in [1.29, 1.82) is 0 Å². The van der Waals surface area contributed by atoms with Crippen LogP contribution >= 0.6 is 0 Å². The molecule has 20 heavy (non-hydrogen) atoms. The summed E-state index contributed by atoms with van der Waals surface area (Å²) >= 11 is 0. The van der Waals surface area contributed by atoms with Gasteiger partial charge in [0.15, 0.2) is 5.96 Å². The lowest BCUT2D eigenvalue weighted by Gasteiger charge is -2.33. The van der Waals surface area contributed by atoms with E-state index in [1.807, 2.05) is 0 Å². The second-order valence-electron chi connectivity index (χ2n) is 7.40. The maximum absolute atomic E-state index is 6.22. The zero-order chi connectivity index (χ0) is 14.2. The Morgan fingerprint density at radius 1 is 1.40 bits per heavy atom. The van der Waals surface area contributed by atoms with Gasteiger partial charge in [0, 0.05) is 25.1 Å². The van der Waals surface area contributed by atoms with Crippen molar-refractivity contribution in [3.63, 3.8) is 0 Å². The first kappa shape index (κ1) is 14.2. The minimum absolute atomic E-state index is 0.202. The van der Waals surface area contributed by atoms with E-state index in [1.165, 1.54) is 25.7 Å². The lowest BCUT2D eigenvalue weighted by atomic mass is 9.81. The highest BCUT2D eigenvalue weighted by atomic mass is 16.5. The molecule has 0 aromatic heterocycles. The van der Waals surface area contributed by atoms with Gasteiger partial charge in [-0.3, -0.25) is 4.99 Å². The minimum Gasteiger partial charge on any atom is -0.377 e. The molecule has 3 aliphatic rings. The summed E-state index contributed by atoms with van der Waals surface area (Å²) in [5, 5.41) is 0. The number of ether oxygens (including phenoxy) is 1. The molecule has 3 atom stereocenters. The Morgan fingerprint density at radius 3 is 2.90 bits per heavy atom. The fourth-order valence-corrected chi connectivity index (χ4v) is 3.79. The van der Waals surface area contributed by atoms with Crippen molar-refractivity contribution in [2.24, 2.45) is 28.0 Å². The number of aliphatic imine (C=N–C) groups is 1. The van der Waals surface area contributed by atoms with Crippen LogP contribution in [0.3, 0.4) is 0 Å². The number of nitrogens with two attached hydrogens (primary N) is 1. The van der Waals surface area contributed by atoms with E-state index in [9.17, 15) is 0 Å². The number of hydrogen-bond acceptors (Lipinski definition) is 2. The lowest BCUT2D eigenvalue weighted by Crippen LogP contribution is -2.44. The topological polar surface area (TPSA) is 50.8 Å². The number of hydrogen-bond donors (Lipinski definition) is 1. The van der Waals surface area contributed by atoms with E-state index < -0.39 is 0 Å². The molecule has 114 valence electrons. The van der Waals surface area contributed by atoms with Gasteiger partial charge in [0.2, 0.25) is 0 Å². The van der Waals surface area contributed by atoms with Crippen molar-refractivity contribution in [2.45, 2.75) is 52.1 Å². The molecule has 0 amide bonds. The molecule has 2 heterocycles. The van der Waals surface area contributed by atoms with E-state index in [0.717, 1.165) is 50.5 Å². The van der Waals surface area contributed by atoms with Crippen LogP contribution in [0.25, 0.3) is 0 Å². The SMILES string of the molecule is CC1CCCN(C(N)=NCC2(C)CCOC2C2CC2)C1. The van der Waals surface area contributed by atoms with E-state index in [0.29, 0.717) is 6.10 Å². The number of piperidine rings is 1. The highest BCUT2D eigenvalue weighted by molar-refractivity contribution is 5.78. The van der Waals surface area contributed by atoms with Gasteiger partial charge in [0.25, 0.3) is 0 Å². The quantitative estimate of drug-likeness (QED) is 0.637. The van der Waals surface area contributed by atoms with Crippen molar-refractivity contribution >= 4 is 5.96 Å². The van der Waals surface area contributed by atoms with E-state index in [2.05, 4.69) is 18.7 Å². The molecule has 0 aromatic carbocycles. The maximum Gasteiger partial charge on any atom is 0.191 e. The monoisotopic (exact) mass is 279 g/mol. The summed E-state index contributed by atoms with van der Waals surface area (Å²) in [5.41, 5.74) is 6.42. The summed E-state index contributed by atoms with van der Waals surface area (Å²) in [4.78, 5) is 7.00. The molecular formula is C16H29N3O. The first-order valence-corrected chi connectivity index (χ1v) is 8.25. The number of likely N-dealkylation sites (tertiary alicyclic amines) is 1. The molecule has 3 fully saturated rings. The molecule has 1 saturated carbocycles. The first-order valence-electron chi connectivity index (χ1n) is 8.25. The summed E-state index contributed by atoms with van der Waals surface area (Å²) in [6.45, 7) is 8.49. The van der Waals surface area contributed by atoms with Gasteiger partial charge in [-0.1, -0.05) is 13.8 Å². The highest BCUT2D eigenvalue weighted by Crippen LogP contribution is 2.47. The largest absolute Gasteiger partial charge is 0.377 e. The van der Waals surface area contributed by atoms with Gasteiger partial charge in [0.1, 0.15) is 0 Å². The average Bonchev–Trinajstić information content (AvgIpc) is 3.20. The third-order valence-electron chi connectivity index (χ3n) is 5.29. The van der Waals surface area contributed by atoms with Crippen LogP contribution in [0.5, 0.6) is 0 Å². The zero-order valence-corrected chi connectivity index (χ0v) is 13.0.